The molecular weight excluding hydrogens is 310 g/mol. The molecule has 0 radical (unpaired) electrons. The van der Waals surface area contributed by atoms with E-state index in [0.717, 1.165) is 18.6 Å². The number of nitro groups is 1. The van der Waals surface area contributed by atoms with Crippen LogP contribution in [-0.4, -0.2) is 34.1 Å². The molecule has 0 amide bonds. The van der Waals surface area contributed by atoms with E-state index in [1.54, 1.807) is 0 Å². The molecular formula is C16H19N5O3. The molecule has 2 N–H and O–H groups in total. The number of benzene rings is 1. The first kappa shape index (κ1) is 16.0. The minimum atomic E-state index is -0.477. The van der Waals surface area contributed by atoms with E-state index in [2.05, 4.69) is 20.6 Å². The van der Waals surface area contributed by atoms with Crippen molar-refractivity contribution in [2.45, 2.75) is 25.8 Å². The second-order valence-electron chi connectivity index (χ2n) is 5.69. The fraction of sp³-hybridized carbons (Fsp3) is 0.375. The van der Waals surface area contributed by atoms with E-state index in [-0.39, 0.29) is 17.5 Å². The summed E-state index contributed by atoms with van der Waals surface area (Å²) in [5.41, 5.74) is 1.07. The molecule has 1 aliphatic carbocycles. The Balaban J connectivity index is 1.54. The van der Waals surface area contributed by atoms with Crippen LogP contribution in [0.3, 0.4) is 0 Å². The van der Waals surface area contributed by atoms with Gasteiger partial charge in [0.1, 0.15) is 18.6 Å². The fourth-order valence-corrected chi connectivity index (χ4v) is 2.09. The molecule has 0 bridgehead atoms. The van der Waals surface area contributed by atoms with Crippen molar-refractivity contribution in [3.8, 4) is 5.75 Å². The third kappa shape index (κ3) is 4.31. The standard InChI is InChI=1S/C16H19N5O3/c1-11-2-6-13(7-3-11)24-9-8-17-16-18-10-14(21(22)23)15(20-16)19-12-4-5-12/h2-3,6-7,10,12H,4-5,8-9H2,1H3,(H2,17,18,19,20). The van der Waals surface area contributed by atoms with E-state index in [1.807, 2.05) is 31.2 Å². The minimum Gasteiger partial charge on any atom is -0.492 e. The van der Waals surface area contributed by atoms with E-state index >= 15 is 0 Å². The van der Waals surface area contributed by atoms with E-state index in [1.165, 1.54) is 11.8 Å². The summed E-state index contributed by atoms with van der Waals surface area (Å²) in [4.78, 5) is 18.7. The molecule has 0 saturated heterocycles. The van der Waals surface area contributed by atoms with E-state index in [9.17, 15) is 10.1 Å². The molecule has 0 spiro atoms. The molecule has 1 fully saturated rings. The number of hydrogen-bond donors (Lipinski definition) is 2. The Morgan fingerprint density at radius 1 is 1.33 bits per heavy atom. The van der Waals surface area contributed by atoms with Gasteiger partial charge in [0.15, 0.2) is 0 Å². The van der Waals surface area contributed by atoms with Crippen LogP contribution in [-0.2, 0) is 0 Å². The van der Waals surface area contributed by atoms with Gasteiger partial charge in [-0.1, -0.05) is 17.7 Å². The highest BCUT2D eigenvalue weighted by Crippen LogP contribution is 2.29. The number of aryl methyl sites for hydroxylation is 1. The van der Waals surface area contributed by atoms with Crippen LogP contribution in [0.5, 0.6) is 5.75 Å². The Hall–Kier alpha value is -2.90. The SMILES string of the molecule is Cc1ccc(OCCNc2ncc([N+](=O)[O-])c(NC3CC3)n2)cc1. The molecule has 1 saturated carbocycles. The zero-order valence-electron chi connectivity index (χ0n) is 13.4. The summed E-state index contributed by atoms with van der Waals surface area (Å²) < 4.78 is 5.61. The Bertz CT molecular complexity index is 716. The third-order valence-electron chi connectivity index (χ3n) is 3.56. The van der Waals surface area contributed by atoms with Crippen molar-refractivity contribution < 1.29 is 9.66 Å². The molecule has 1 aromatic heterocycles. The average molecular weight is 329 g/mol. The van der Waals surface area contributed by atoms with Crippen LogP contribution < -0.4 is 15.4 Å². The molecule has 1 aromatic carbocycles. The van der Waals surface area contributed by atoms with Crippen LogP contribution in [0.15, 0.2) is 30.5 Å². The fourth-order valence-electron chi connectivity index (χ4n) is 2.09. The minimum absolute atomic E-state index is 0.108. The summed E-state index contributed by atoms with van der Waals surface area (Å²) in [6, 6.07) is 8.07. The van der Waals surface area contributed by atoms with Gasteiger partial charge in [-0.05, 0) is 31.9 Å². The lowest BCUT2D eigenvalue weighted by Gasteiger charge is -2.09. The summed E-state index contributed by atoms with van der Waals surface area (Å²) in [5.74, 6) is 1.40. The molecule has 8 heteroatoms. The summed E-state index contributed by atoms with van der Waals surface area (Å²) in [6.45, 7) is 2.95. The molecule has 0 aliphatic heterocycles. The van der Waals surface area contributed by atoms with Gasteiger partial charge in [0, 0.05) is 6.04 Å². The number of hydrogen-bond acceptors (Lipinski definition) is 7. The molecule has 3 rings (SSSR count). The van der Waals surface area contributed by atoms with Gasteiger partial charge in [0.2, 0.25) is 11.8 Å². The van der Waals surface area contributed by atoms with Gasteiger partial charge in [-0.3, -0.25) is 10.1 Å². The smallest absolute Gasteiger partial charge is 0.329 e. The molecule has 0 atom stereocenters. The zero-order chi connectivity index (χ0) is 16.9. The molecule has 8 nitrogen and oxygen atoms in total. The predicted octanol–water partition coefficient (Wildman–Crippen LogP) is 2.76. The van der Waals surface area contributed by atoms with Gasteiger partial charge in [0.05, 0.1) is 11.5 Å². The highest BCUT2D eigenvalue weighted by molar-refractivity contribution is 5.58. The van der Waals surface area contributed by atoms with Crippen molar-refractivity contribution in [1.82, 2.24) is 9.97 Å². The molecule has 1 heterocycles. The molecule has 126 valence electrons. The maximum Gasteiger partial charge on any atom is 0.329 e. The molecule has 1 aliphatic rings. The van der Waals surface area contributed by atoms with Crippen LogP contribution in [0.1, 0.15) is 18.4 Å². The Morgan fingerprint density at radius 3 is 2.75 bits per heavy atom. The van der Waals surface area contributed by atoms with Crippen LogP contribution >= 0.6 is 0 Å². The van der Waals surface area contributed by atoms with Crippen LogP contribution in [0.2, 0.25) is 0 Å². The van der Waals surface area contributed by atoms with Crippen LogP contribution in [0.4, 0.5) is 17.5 Å². The first-order valence-electron chi connectivity index (χ1n) is 7.83. The van der Waals surface area contributed by atoms with Gasteiger partial charge in [0.25, 0.3) is 0 Å². The quantitative estimate of drug-likeness (QED) is 0.436. The third-order valence-corrected chi connectivity index (χ3v) is 3.56. The van der Waals surface area contributed by atoms with Crippen molar-refractivity contribution in [1.29, 1.82) is 0 Å². The summed E-state index contributed by atoms with van der Waals surface area (Å²) in [5, 5.41) is 17.1. The van der Waals surface area contributed by atoms with Gasteiger partial charge in [-0.2, -0.15) is 4.98 Å². The van der Waals surface area contributed by atoms with Crippen molar-refractivity contribution >= 4 is 17.5 Å². The number of rotatable bonds is 8. The number of aromatic nitrogens is 2. The lowest BCUT2D eigenvalue weighted by molar-refractivity contribution is -0.384. The topological polar surface area (TPSA) is 102 Å². The monoisotopic (exact) mass is 329 g/mol. The van der Waals surface area contributed by atoms with Gasteiger partial charge >= 0.3 is 5.69 Å². The van der Waals surface area contributed by atoms with Gasteiger partial charge < -0.3 is 15.4 Å². The van der Waals surface area contributed by atoms with Crippen molar-refractivity contribution in [2.75, 3.05) is 23.8 Å². The molecule has 0 unspecified atom stereocenters. The summed E-state index contributed by atoms with van der Waals surface area (Å²) in [7, 11) is 0. The second-order valence-corrected chi connectivity index (χ2v) is 5.69. The Labute approximate surface area is 139 Å². The first-order valence-corrected chi connectivity index (χ1v) is 7.83. The highest BCUT2D eigenvalue weighted by Gasteiger charge is 2.26. The van der Waals surface area contributed by atoms with Gasteiger partial charge in [-0.25, -0.2) is 4.98 Å². The largest absolute Gasteiger partial charge is 0.492 e. The van der Waals surface area contributed by atoms with Crippen molar-refractivity contribution in [3.05, 3.63) is 46.1 Å². The lowest BCUT2D eigenvalue weighted by Crippen LogP contribution is -2.15. The van der Waals surface area contributed by atoms with Gasteiger partial charge in [-0.15, -0.1) is 0 Å². The van der Waals surface area contributed by atoms with E-state index in [4.69, 9.17) is 4.74 Å². The van der Waals surface area contributed by atoms with Crippen molar-refractivity contribution in [2.24, 2.45) is 0 Å². The predicted molar refractivity (Wildman–Crippen MR) is 90.5 cm³/mol. The number of ether oxygens (including phenoxy) is 1. The van der Waals surface area contributed by atoms with E-state index in [0.29, 0.717) is 19.1 Å². The van der Waals surface area contributed by atoms with Crippen LogP contribution in [0.25, 0.3) is 0 Å². The molecule has 24 heavy (non-hydrogen) atoms. The van der Waals surface area contributed by atoms with E-state index < -0.39 is 4.92 Å². The maximum absolute atomic E-state index is 11.0. The maximum atomic E-state index is 11.0. The Morgan fingerprint density at radius 2 is 2.08 bits per heavy atom. The highest BCUT2D eigenvalue weighted by atomic mass is 16.6. The van der Waals surface area contributed by atoms with Crippen molar-refractivity contribution in [3.63, 3.8) is 0 Å². The number of nitrogens with one attached hydrogen (secondary N) is 2. The number of anilines is 2. The number of nitrogens with zero attached hydrogens (tertiary/aromatic N) is 3. The summed E-state index contributed by atoms with van der Waals surface area (Å²) >= 11 is 0. The Kier molecular flexibility index (Phi) is 4.74. The average Bonchev–Trinajstić information content (AvgIpc) is 3.37. The summed E-state index contributed by atoms with van der Waals surface area (Å²) in [6.07, 6.45) is 3.24. The first-order chi connectivity index (χ1) is 11.6. The normalized spacial score (nSPS) is 13.4. The lowest BCUT2D eigenvalue weighted by atomic mass is 10.2. The van der Waals surface area contributed by atoms with Crippen LogP contribution in [0, 0.1) is 17.0 Å². The second kappa shape index (κ2) is 7.12. The molecule has 2 aromatic rings. The zero-order valence-corrected chi connectivity index (χ0v) is 13.4.